The minimum absolute atomic E-state index is 0.150. The van der Waals surface area contributed by atoms with Crippen molar-refractivity contribution < 1.29 is 13.2 Å². The Morgan fingerprint density at radius 3 is 2.58 bits per heavy atom. The maximum atomic E-state index is 11.8. The van der Waals surface area contributed by atoms with Crippen molar-refractivity contribution >= 4 is 15.9 Å². The van der Waals surface area contributed by atoms with Gasteiger partial charge in [-0.05, 0) is 23.8 Å². The molecule has 0 spiro atoms. The van der Waals surface area contributed by atoms with Crippen LogP contribution in [0.2, 0.25) is 0 Å². The lowest BCUT2D eigenvalue weighted by molar-refractivity contribution is -0.127. The van der Waals surface area contributed by atoms with Crippen molar-refractivity contribution in [3.8, 4) is 0 Å². The van der Waals surface area contributed by atoms with Crippen LogP contribution >= 0.6 is 15.9 Å². The van der Waals surface area contributed by atoms with Gasteiger partial charge in [0.2, 0.25) is 0 Å². The van der Waals surface area contributed by atoms with Crippen LogP contribution in [0.3, 0.4) is 0 Å². The van der Waals surface area contributed by atoms with Crippen LogP contribution in [0.25, 0.3) is 0 Å². The Labute approximate surface area is 76.5 Å². The number of rotatable bonds is 1. The molecule has 0 bridgehead atoms. The zero-order chi connectivity index (χ0) is 9.19. The van der Waals surface area contributed by atoms with Crippen LogP contribution in [0.4, 0.5) is 13.2 Å². The molecule has 0 amide bonds. The Balaban J connectivity index is 2.77. The van der Waals surface area contributed by atoms with Crippen molar-refractivity contribution in [1.29, 1.82) is 0 Å². The van der Waals surface area contributed by atoms with Gasteiger partial charge in [-0.2, -0.15) is 13.2 Å². The molecule has 0 saturated heterocycles. The van der Waals surface area contributed by atoms with Gasteiger partial charge in [-0.15, -0.1) is 0 Å². The molecule has 0 atom stereocenters. The van der Waals surface area contributed by atoms with Gasteiger partial charge in [-0.3, -0.25) is 0 Å². The van der Waals surface area contributed by atoms with E-state index < -0.39 is 12.6 Å². The topological polar surface area (TPSA) is 0 Å². The summed E-state index contributed by atoms with van der Waals surface area (Å²) in [5.41, 5.74) is 0.150. The maximum absolute atomic E-state index is 11.8. The summed E-state index contributed by atoms with van der Waals surface area (Å²) in [5.74, 6) is 0. The van der Waals surface area contributed by atoms with E-state index in [1.807, 2.05) is 0 Å². The van der Waals surface area contributed by atoms with Gasteiger partial charge < -0.3 is 0 Å². The minimum atomic E-state index is -4.16. The molecule has 0 saturated carbocycles. The molecule has 0 aliphatic rings. The fraction of sp³-hybridized carbons (Fsp3) is 0.250. The van der Waals surface area contributed by atoms with E-state index in [-0.39, 0.29) is 5.56 Å². The molecule has 0 aromatic heterocycles. The smallest absolute Gasteiger partial charge is 0.171 e. The molecular formula is C8H5BrF3. The van der Waals surface area contributed by atoms with Crippen LogP contribution in [0, 0.1) is 6.07 Å². The van der Waals surface area contributed by atoms with Crippen LogP contribution in [0.1, 0.15) is 5.56 Å². The van der Waals surface area contributed by atoms with Gasteiger partial charge in [-0.25, -0.2) is 0 Å². The third-order valence-electron chi connectivity index (χ3n) is 1.21. The van der Waals surface area contributed by atoms with Crippen LogP contribution in [0.15, 0.2) is 22.7 Å². The molecular weight excluding hydrogens is 233 g/mol. The zero-order valence-electron chi connectivity index (χ0n) is 5.95. The second kappa shape index (κ2) is 3.47. The van der Waals surface area contributed by atoms with Crippen LogP contribution < -0.4 is 0 Å². The van der Waals surface area contributed by atoms with E-state index in [0.29, 0.717) is 4.47 Å². The first-order valence-corrected chi connectivity index (χ1v) is 3.99. The van der Waals surface area contributed by atoms with Gasteiger partial charge in [0.05, 0.1) is 6.42 Å². The molecule has 12 heavy (non-hydrogen) atoms. The zero-order valence-corrected chi connectivity index (χ0v) is 7.54. The molecule has 0 fully saturated rings. The third kappa shape index (κ3) is 3.26. The fourth-order valence-electron chi connectivity index (χ4n) is 0.803. The predicted molar refractivity (Wildman–Crippen MR) is 42.7 cm³/mol. The monoisotopic (exact) mass is 237 g/mol. The van der Waals surface area contributed by atoms with Crippen molar-refractivity contribution in [2.45, 2.75) is 12.6 Å². The normalized spacial score (nSPS) is 11.7. The van der Waals surface area contributed by atoms with Gasteiger partial charge in [-0.1, -0.05) is 22.0 Å². The highest BCUT2D eigenvalue weighted by Crippen LogP contribution is 2.22. The van der Waals surface area contributed by atoms with Crippen molar-refractivity contribution in [1.82, 2.24) is 0 Å². The van der Waals surface area contributed by atoms with E-state index in [1.54, 1.807) is 6.07 Å². The summed E-state index contributed by atoms with van der Waals surface area (Å²) in [4.78, 5) is 0. The minimum Gasteiger partial charge on any atom is -0.171 e. The summed E-state index contributed by atoms with van der Waals surface area (Å²) in [6.07, 6.45) is -5.08. The fourth-order valence-corrected chi connectivity index (χ4v) is 1.21. The number of hydrogen-bond acceptors (Lipinski definition) is 0. The molecule has 4 heteroatoms. The molecule has 1 aromatic rings. The lowest BCUT2D eigenvalue weighted by atomic mass is 10.1. The lowest BCUT2D eigenvalue weighted by Crippen LogP contribution is -2.11. The molecule has 0 aliphatic carbocycles. The van der Waals surface area contributed by atoms with Gasteiger partial charge in [0.15, 0.2) is 0 Å². The Bertz CT molecular complexity index is 267. The highest BCUT2D eigenvalue weighted by atomic mass is 79.9. The van der Waals surface area contributed by atoms with E-state index in [2.05, 4.69) is 22.0 Å². The molecule has 0 nitrogen and oxygen atoms in total. The molecule has 65 valence electrons. The van der Waals surface area contributed by atoms with Crippen molar-refractivity contribution in [3.63, 3.8) is 0 Å². The molecule has 0 N–H and O–H groups in total. The predicted octanol–water partition coefficient (Wildman–Crippen LogP) is 3.35. The summed E-state index contributed by atoms with van der Waals surface area (Å²) in [6.45, 7) is 0. The average Bonchev–Trinajstić information content (AvgIpc) is 1.82. The van der Waals surface area contributed by atoms with E-state index >= 15 is 0 Å². The molecule has 1 rings (SSSR count). The van der Waals surface area contributed by atoms with E-state index in [4.69, 9.17) is 0 Å². The van der Waals surface area contributed by atoms with Gasteiger partial charge >= 0.3 is 6.18 Å². The summed E-state index contributed by atoms with van der Waals surface area (Å²) in [5, 5.41) is 0. The maximum Gasteiger partial charge on any atom is 0.393 e. The average molecular weight is 238 g/mol. The van der Waals surface area contributed by atoms with E-state index in [9.17, 15) is 13.2 Å². The second-order valence-electron chi connectivity index (χ2n) is 2.32. The second-order valence-corrected chi connectivity index (χ2v) is 3.24. The molecule has 0 heterocycles. The van der Waals surface area contributed by atoms with Gasteiger partial charge in [0.25, 0.3) is 0 Å². The quantitative estimate of drug-likeness (QED) is 0.703. The van der Waals surface area contributed by atoms with Gasteiger partial charge in [0.1, 0.15) is 0 Å². The summed E-state index contributed by atoms with van der Waals surface area (Å²) in [7, 11) is 0. The van der Waals surface area contributed by atoms with Gasteiger partial charge in [0, 0.05) is 4.47 Å². The third-order valence-corrected chi connectivity index (χ3v) is 1.71. The molecule has 1 radical (unpaired) electrons. The summed E-state index contributed by atoms with van der Waals surface area (Å²) >= 11 is 3.08. The standard InChI is InChI=1S/C8H5BrF3/c9-7-3-1-2-6(4-7)5-8(10,11)12/h1,3-4H,5H2. The van der Waals surface area contributed by atoms with Crippen LogP contribution in [-0.2, 0) is 6.42 Å². The number of halogens is 4. The van der Waals surface area contributed by atoms with E-state index in [0.717, 1.165) is 0 Å². The molecule has 0 aliphatic heterocycles. The Kier molecular flexibility index (Phi) is 2.77. The molecule has 1 aromatic carbocycles. The first kappa shape index (κ1) is 9.58. The first-order chi connectivity index (χ1) is 5.47. The summed E-state index contributed by atoms with van der Waals surface area (Å²) in [6, 6.07) is 7.03. The highest BCUT2D eigenvalue weighted by Gasteiger charge is 2.27. The van der Waals surface area contributed by atoms with Crippen molar-refractivity contribution in [2.75, 3.05) is 0 Å². The van der Waals surface area contributed by atoms with E-state index in [1.165, 1.54) is 12.1 Å². The summed E-state index contributed by atoms with van der Waals surface area (Å²) < 4.78 is 36.2. The number of benzene rings is 1. The Hall–Kier alpha value is -0.510. The highest BCUT2D eigenvalue weighted by molar-refractivity contribution is 9.10. The van der Waals surface area contributed by atoms with Crippen LogP contribution in [-0.4, -0.2) is 6.18 Å². The van der Waals surface area contributed by atoms with Crippen LogP contribution in [0.5, 0.6) is 0 Å². The number of alkyl halides is 3. The number of hydrogen-bond donors (Lipinski definition) is 0. The van der Waals surface area contributed by atoms with Crippen molar-refractivity contribution in [2.24, 2.45) is 0 Å². The SMILES string of the molecule is FC(F)(F)Cc1[c]ccc(Br)c1. The Morgan fingerprint density at radius 1 is 1.42 bits per heavy atom. The first-order valence-electron chi connectivity index (χ1n) is 3.20. The lowest BCUT2D eigenvalue weighted by Gasteiger charge is -2.05. The van der Waals surface area contributed by atoms with Crippen molar-refractivity contribution in [3.05, 3.63) is 34.3 Å². The molecule has 0 unspecified atom stereocenters. The Morgan fingerprint density at radius 2 is 2.08 bits per heavy atom. The largest absolute Gasteiger partial charge is 0.393 e.